The minimum atomic E-state index is -2.14. The first-order valence-electron chi connectivity index (χ1n) is 24.7. The number of amides is 2. The van der Waals surface area contributed by atoms with Gasteiger partial charge >= 0.3 is 11.9 Å². The summed E-state index contributed by atoms with van der Waals surface area (Å²) in [6.45, 7) is 15.6. The number of allylic oxidation sites excluding steroid dienone is 2. The van der Waals surface area contributed by atoms with Crippen molar-refractivity contribution < 1.29 is 28.7 Å². The van der Waals surface area contributed by atoms with Gasteiger partial charge in [-0.2, -0.15) is 0 Å². The molecule has 0 rings (SSSR count). The van der Waals surface area contributed by atoms with Crippen LogP contribution < -0.4 is 16.8 Å². The van der Waals surface area contributed by atoms with E-state index in [9.17, 15) is 19.2 Å². The summed E-state index contributed by atoms with van der Waals surface area (Å²) in [5.74, 6) is -4.31. The van der Waals surface area contributed by atoms with Gasteiger partial charge in [0.15, 0.2) is 5.66 Å². The minimum absolute atomic E-state index is 0.201. The Balaban J connectivity index is 5.12. The fourth-order valence-electron chi connectivity index (χ4n) is 7.26. The molecule has 5 N–H and O–H groups in total. The highest BCUT2D eigenvalue weighted by Gasteiger charge is 2.43. The van der Waals surface area contributed by atoms with Gasteiger partial charge in [0.05, 0.1) is 6.54 Å². The van der Waals surface area contributed by atoms with Gasteiger partial charge in [-0.25, -0.2) is 4.79 Å². The number of nitrogens with zero attached hydrogens (tertiary/aromatic N) is 1. The number of esters is 2. The number of hydrogen-bond donors (Lipinski definition) is 3. The maximum Gasteiger partial charge on any atom is 0.341 e. The van der Waals surface area contributed by atoms with Crippen LogP contribution in [0.25, 0.3) is 0 Å². The molecule has 0 heterocycles. The number of hydrogen-bond acceptors (Lipinski definition) is 8. The van der Waals surface area contributed by atoms with E-state index in [-0.39, 0.29) is 12.5 Å². The van der Waals surface area contributed by atoms with Crippen LogP contribution >= 0.6 is 0 Å². The highest BCUT2D eigenvalue weighted by Crippen LogP contribution is 2.21. The molecule has 0 aromatic carbocycles. The van der Waals surface area contributed by atoms with Gasteiger partial charge in [0, 0.05) is 19.5 Å². The number of nitrogens with one attached hydrogen (secondary N) is 1. The van der Waals surface area contributed by atoms with Crippen molar-refractivity contribution in [3.8, 4) is 0 Å². The monoisotopic (exact) mass is 849 g/mol. The highest BCUT2D eigenvalue weighted by molar-refractivity contribution is 6.00. The molecule has 0 bridgehead atoms. The maximum atomic E-state index is 13.6. The van der Waals surface area contributed by atoms with E-state index in [1.165, 1.54) is 135 Å². The van der Waals surface area contributed by atoms with E-state index in [1.54, 1.807) is 41.5 Å². The highest BCUT2D eigenvalue weighted by atomic mass is 16.6. The topological polar surface area (TPSA) is 154 Å². The largest absolute Gasteiger partial charge is 0.459 e. The van der Waals surface area contributed by atoms with Gasteiger partial charge in [-0.3, -0.25) is 14.4 Å². The molecule has 0 aliphatic rings. The Morgan fingerprint density at radius 3 is 1.25 bits per heavy atom. The third-order valence-electron chi connectivity index (χ3n) is 10.8. The molecule has 1 atom stereocenters. The third-order valence-corrected chi connectivity index (χ3v) is 10.8. The first-order valence-corrected chi connectivity index (χ1v) is 24.7. The summed E-state index contributed by atoms with van der Waals surface area (Å²) in [4.78, 5) is 55.1. The molecule has 10 nitrogen and oxygen atoms in total. The second-order valence-corrected chi connectivity index (χ2v) is 19.5. The molecule has 10 heteroatoms. The van der Waals surface area contributed by atoms with Gasteiger partial charge in [0.2, 0.25) is 11.8 Å². The van der Waals surface area contributed by atoms with E-state index in [0.29, 0.717) is 13.1 Å². The quantitative estimate of drug-likeness (QED) is 0.0182. The van der Waals surface area contributed by atoms with Crippen molar-refractivity contribution in [3.05, 3.63) is 12.2 Å². The molecule has 0 radical (unpaired) electrons. The number of nitrogens with two attached hydrogens (primary N) is 2. The second kappa shape index (κ2) is 35.1. The van der Waals surface area contributed by atoms with Crippen LogP contribution in [-0.4, -0.2) is 65.2 Å². The molecular weight excluding hydrogens is 753 g/mol. The van der Waals surface area contributed by atoms with Crippen LogP contribution in [0.15, 0.2) is 12.2 Å². The molecule has 0 aliphatic heterocycles. The van der Waals surface area contributed by atoms with Gasteiger partial charge in [0.25, 0.3) is 0 Å². The third kappa shape index (κ3) is 34.2. The lowest BCUT2D eigenvalue weighted by atomic mass is 9.94. The molecule has 352 valence electrons. The van der Waals surface area contributed by atoms with Crippen molar-refractivity contribution in [2.75, 3.05) is 19.6 Å². The number of carbonyl (C=O) groups excluding carboxylic acids is 4. The molecule has 0 aromatic rings. The molecule has 0 saturated carbocycles. The van der Waals surface area contributed by atoms with Crippen LogP contribution in [0.3, 0.4) is 0 Å². The van der Waals surface area contributed by atoms with Crippen LogP contribution in [0, 0.1) is 5.92 Å². The average Bonchev–Trinajstić information content (AvgIpc) is 3.16. The number of unbranched alkanes of at least 4 members (excludes halogenated alkanes) is 25. The Kier molecular flexibility index (Phi) is 33.6. The van der Waals surface area contributed by atoms with Crippen LogP contribution in [0.1, 0.15) is 242 Å². The molecule has 2 amide bonds. The van der Waals surface area contributed by atoms with Crippen LogP contribution in [0.5, 0.6) is 0 Å². The maximum absolute atomic E-state index is 13.6. The lowest BCUT2D eigenvalue weighted by Gasteiger charge is -2.31. The van der Waals surface area contributed by atoms with Crippen molar-refractivity contribution >= 4 is 23.8 Å². The van der Waals surface area contributed by atoms with E-state index in [0.717, 1.165) is 44.9 Å². The van der Waals surface area contributed by atoms with Gasteiger partial charge in [0.1, 0.15) is 17.1 Å². The Morgan fingerprint density at radius 1 is 0.533 bits per heavy atom. The Bertz CT molecular complexity index is 1140. The molecule has 0 saturated heterocycles. The van der Waals surface area contributed by atoms with Crippen LogP contribution in [0.2, 0.25) is 0 Å². The molecular formula is C50H96N4O6. The smallest absolute Gasteiger partial charge is 0.341 e. The average molecular weight is 849 g/mol. The van der Waals surface area contributed by atoms with Crippen molar-refractivity contribution in [1.82, 2.24) is 10.2 Å². The van der Waals surface area contributed by atoms with E-state index in [2.05, 4.69) is 31.3 Å². The summed E-state index contributed by atoms with van der Waals surface area (Å²) in [7, 11) is 0. The molecule has 0 aliphatic carbocycles. The van der Waals surface area contributed by atoms with E-state index < -0.39 is 47.0 Å². The Labute approximate surface area is 369 Å². The SMILES string of the molecule is CCCCCCCC/C=C\CCCCCCCCN(CCCCCCCCCCCCCCCC)C(=O)CNC(=O)C(CC(N)(N)C(=O)OC(C)(C)C)C(=O)OC(C)(C)C. The lowest BCUT2D eigenvalue weighted by molar-refractivity contribution is -0.167. The van der Waals surface area contributed by atoms with Gasteiger partial charge in [-0.1, -0.05) is 167 Å². The number of carbonyl (C=O) groups is 4. The summed E-state index contributed by atoms with van der Waals surface area (Å²) < 4.78 is 10.9. The fourth-order valence-corrected chi connectivity index (χ4v) is 7.26. The Morgan fingerprint density at radius 2 is 0.883 bits per heavy atom. The predicted molar refractivity (Wildman–Crippen MR) is 250 cm³/mol. The summed E-state index contributed by atoms with van der Waals surface area (Å²) in [5, 5.41) is 2.65. The van der Waals surface area contributed by atoms with Crippen molar-refractivity contribution in [2.24, 2.45) is 17.4 Å². The van der Waals surface area contributed by atoms with Crippen LogP contribution in [-0.2, 0) is 28.7 Å². The summed E-state index contributed by atoms with van der Waals surface area (Å²) in [6, 6.07) is 0. The summed E-state index contributed by atoms with van der Waals surface area (Å²) >= 11 is 0. The van der Waals surface area contributed by atoms with Crippen LogP contribution in [0.4, 0.5) is 0 Å². The number of ether oxygens (including phenoxy) is 2. The minimum Gasteiger partial charge on any atom is -0.459 e. The second-order valence-electron chi connectivity index (χ2n) is 19.5. The van der Waals surface area contributed by atoms with Crippen molar-refractivity contribution in [2.45, 2.75) is 258 Å². The molecule has 0 aromatic heterocycles. The van der Waals surface area contributed by atoms with E-state index in [4.69, 9.17) is 20.9 Å². The first kappa shape index (κ1) is 57.5. The van der Waals surface area contributed by atoms with Crippen molar-refractivity contribution in [3.63, 3.8) is 0 Å². The molecule has 0 spiro atoms. The van der Waals surface area contributed by atoms with Gasteiger partial charge in [-0.15, -0.1) is 0 Å². The van der Waals surface area contributed by atoms with Gasteiger partial charge < -0.3 is 31.2 Å². The molecule has 60 heavy (non-hydrogen) atoms. The zero-order chi connectivity index (χ0) is 45.1. The van der Waals surface area contributed by atoms with E-state index in [1.807, 2.05) is 4.90 Å². The first-order chi connectivity index (χ1) is 28.4. The number of rotatable bonds is 38. The standard InChI is InChI=1S/C50H96N4O6/c1-9-11-13-15-17-19-21-23-25-26-28-30-32-34-36-38-40-54(39-37-35-33-31-29-27-24-22-20-18-16-14-12-10-2)44(55)42-53-45(56)43(46(57)59-48(3,4)5)41-50(51,52)47(58)60-49(6,7)8/h23,25,43H,9-22,24,26-42,51-52H2,1-8H3,(H,53,56)/b25-23-. The predicted octanol–water partition coefficient (Wildman–Crippen LogP) is 11.8. The summed E-state index contributed by atoms with van der Waals surface area (Å²) in [6.07, 6.45) is 39.0. The fraction of sp³-hybridized carbons (Fsp3) is 0.880. The summed E-state index contributed by atoms with van der Waals surface area (Å²) in [5.41, 5.74) is 8.37. The normalized spacial score (nSPS) is 12.8. The lowest BCUT2D eigenvalue weighted by Crippen LogP contribution is -2.61. The van der Waals surface area contributed by atoms with E-state index >= 15 is 0 Å². The Hall–Kier alpha value is -2.46. The molecule has 1 unspecified atom stereocenters. The van der Waals surface area contributed by atoms with Gasteiger partial charge in [-0.05, 0) is 80.1 Å². The van der Waals surface area contributed by atoms with Crippen molar-refractivity contribution in [1.29, 1.82) is 0 Å². The molecule has 0 fully saturated rings. The zero-order valence-electron chi connectivity index (χ0n) is 40.4. The zero-order valence-corrected chi connectivity index (χ0v) is 40.4.